The van der Waals surface area contributed by atoms with E-state index in [0.29, 0.717) is 12.0 Å². The van der Waals surface area contributed by atoms with Gasteiger partial charge in [0.25, 0.3) is 0 Å². The van der Waals surface area contributed by atoms with Gasteiger partial charge < -0.3 is 5.32 Å². The van der Waals surface area contributed by atoms with Crippen LogP contribution in [-0.2, 0) is 0 Å². The number of hydrogen-bond donors (Lipinski definition) is 1. The van der Waals surface area contributed by atoms with Gasteiger partial charge in [-0.3, -0.25) is 0 Å². The van der Waals surface area contributed by atoms with Crippen molar-refractivity contribution in [2.45, 2.75) is 53.5 Å². The fourth-order valence-corrected chi connectivity index (χ4v) is 2.70. The number of benzene rings is 1. The topological polar surface area (TPSA) is 12.0 Å². The molecule has 1 rings (SSSR count). The SMILES string of the molecule is CCNC(c1cc(C)c(F)c(C)c1)C(CC)CC. The Morgan fingerprint density at radius 2 is 1.56 bits per heavy atom. The Bertz CT molecular complexity index is 360. The van der Waals surface area contributed by atoms with E-state index in [0.717, 1.165) is 30.5 Å². The molecule has 0 aliphatic rings. The van der Waals surface area contributed by atoms with E-state index in [1.54, 1.807) is 0 Å². The lowest BCUT2D eigenvalue weighted by Crippen LogP contribution is -2.28. The zero-order chi connectivity index (χ0) is 13.7. The molecular weight excluding hydrogens is 225 g/mol. The van der Waals surface area contributed by atoms with Gasteiger partial charge in [0, 0.05) is 6.04 Å². The summed E-state index contributed by atoms with van der Waals surface area (Å²) in [5.74, 6) is 0.535. The highest BCUT2D eigenvalue weighted by molar-refractivity contribution is 5.32. The molecule has 1 atom stereocenters. The van der Waals surface area contributed by atoms with E-state index in [4.69, 9.17) is 0 Å². The van der Waals surface area contributed by atoms with Crippen molar-refractivity contribution in [3.05, 3.63) is 34.6 Å². The van der Waals surface area contributed by atoms with E-state index in [9.17, 15) is 4.39 Å². The average Bonchev–Trinajstić information content (AvgIpc) is 2.35. The molecule has 1 aromatic rings. The van der Waals surface area contributed by atoms with Crippen molar-refractivity contribution >= 4 is 0 Å². The molecule has 0 amide bonds. The smallest absolute Gasteiger partial charge is 0.129 e. The van der Waals surface area contributed by atoms with Crippen LogP contribution in [0.2, 0.25) is 0 Å². The van der Waals surface area contributed by atoms with Crippen LogP contribution >= 0.6 is 0 Å². The van der Waals surface area contributed by atoms with E-state index in [-0.39, 0.29) is 5.82 Å². The first kappa shape index (κ1) is 15.2. The van der Waals surface area contributed by atoms with Crippen molar-refractivity contribution in [3.8, 4) is 0 Å². The lowest BCUT2D eigenvalue weighted by atomic mass is 9.87. The van der Waals surface area contributed by atoms with Crippen molar-refractivity contribution in [3.63, 3.8) is 0 Å². The molecule has 0 aromatic heterocycles. The molecule has 2 heteroatoms. The first-order chi connectivity index (χ1) is 8.54. The third-order valence-electron chi connectivity index (χ3n) is 3.76. The quantitative estimate of drug-likeness (QED) is 0.783. The standard InChI is InChI=1S/C16H26FN/c1-6-13(7-2)16(18-8-3)14-9-11(4)15(17)12(5)10-14/h9-10,13,16,18H,6-8H2,1-5H3. The van der Waals surface area contributed by atoms with Crippen molar-refractivity contribution in [1.29, 1.82) is 0 Å². The van der Waals surface area contributed by atoms with Gasteiger partial charge in [-0.25, -0.2) is 4.39 Å². The van der Waals surface area contributed by atoms with Crippen LogP contribution in [0.25, 0.3) is 0 Å². The molecule has 1 aromatic carbocycles. The first-order valence-corrected chi connectivity index (χ1v) is 7.05. The highest BCUT2D eigenvalue weighted by atomic mass is 19.1. The molecule has 0 spiro atoms. The van der Waals surface area contributed by atoms with Gasteiger partial charge >= 0.3 is 0 Å². The second-order valence-corrected chi connectivity index (χ2v) is 5.08. The molecule has 0 heterocycles. The summed E-state index contributed by atoms with van der Waals surface area (Å²) < 4.78 is 13.7. The van der Waals surface area contributed by atoms with E-state index in [1.165, 1.54) is 5.56 Å². The largest absolute Gasteiger partial charge is 0.310 e. The number of aryl methyl sites for hydroxylation is 2. The molecule has 0 radical (unpaired) electrons. The van der Waals surface area contributed by atoms with Gasteiger partial charge in [-0.15, -0.1) is 0 Å². The molecule has 0 bridgehead atoms. The third kappa shape index (κ3) is 3.32. The van der Waals surface area contributed by atoms with Gasteiger partial charge in [0.15, 0.2) is 0 Å². The van der Waals surface area contributed by atoms with Crippen LogP contribution in [0.5, 0.6) is 0 Å². The van der Waals surface area contributed by atoms with E-state index in [2.05, 4.69) is 26.1 Å². The molecule has 0 saturated heterocycles. The Balaban J connectivity index is 3.12. The minimum absolute atomic E-state index is 0.0708. The summed E-state index contributed by atoms with van der Waals surface area (Å²) in [7, 11) is 0. The lowest BCUT2D eigenvalue weighted by Gasteiger charge is -2.27. The molecule has 1 unspecified atom stereocenters. The van der Waals surface area contributed by atoms with Crippen molar-refractivity contribution < 1.29 is 4.39 Å². The Labute approximate surface area is 111 Å². The predicted octanol–water partition coefficient (Wildman–Crippen LogP) is 4.53. The zero-order valence-corrected chi connectivity index (χ0v) is 12.3. The van der Waals surface area contributed by atoms with Gasteiger partial charge in [-0.2, -0.15) is 0 Å². The van der Waals surface area contributed by atoms with Crippen LogP contribution in [0.3, 0.4) is 0 Å². The molecule has 0 aliphatic carbocycles. The van der Waals surface area contributed by atoms with Crippen LogP contribution in [-0.4, -0.2) is 6.54 Å². The zero-order valence-electron chi connectivity index (χ0n) is 12.3. The van der Waals surface area contributed by atoms with Crippen molar-refractivity contribution in [2.75, 3.05) is 6.54 Å². The predicted molar refractivity (Wildman–Crippen MR) is 76.4 cm³/mol. The Hall–Kier alpha value is -0.890. The molecule has 0 saturated carbocycles. The number of rotatable bonds is 6. The molecule has 18 heavy (non-hydrogen) atoms. The van der Waals surface area contributed by atoms with Crippen LogP contribution in [0.15, 0.2) is 12.1 Å². The monoisotopic (exact) mass is 251 g/mol. The fraction of sp³-hybridized carbons (Fsp3) is 0.625. The molecule has 0 aliphatic heterocycles. The van der Waals surface area contributed by atoms with Crippen molar-refractivity contribution in [1.82, 2.24) is 5.32 Å². The summed E-state index contributed by atoms with van der Waals surface area (Å²) in [6, 6.07) is 4.32. The second-order valence-electron chi connectivity index (χ2n) is 5.08. The van der Waals surface area contributed by atoms with E-state index >= 15 is 0 Å². The Kier molecular flexibility index (Phi) is 5.80. The van der Waals surface area contributed by atoms with Gasteiger partial charge in [0.1, 0.15) is 5.82 Å². The highest BCUT2D eigenvalue weighted by Gasteiger charge is 2.20. The fourth-order valence-electron chi connectivity index (χ4n) is 2.70. The molecule has 1 N–H and O–H groups in total. The summed E-state index contributed by atoms with van der Waals surface area (Å²) in [4.78, 5) is 0. The van der Waals surface area contributed by atoms with E-state index < -0.39 is 0 Å². The normalized spacial score (nSPS) is 13.1. The maximum Gasteiger partial charge on any atom is 0.129 e. The summed E-state index contributed by atoms with van der Waals surface area (Å²) >= 11 is 0. The van der Waals surface area contributed by atoms with E-state index in [1.807, 2.05) is 26.0 Å². The second kappa shape index (κ2) is 6.89. The maximum absolute atomic E-state index is 13.7. The number of halogens is 1. The minimum atomic E-state index is -0.0708. The Morgan fingerprint density at radius 3 is 1.94 bits per heavy atom. The third-order valence-corrected chi connectivity index (χ3v) is 3.76. The Morgan fingerprint density at radius 1 is 1.06 bits per heavy atom. The van der Waals surface area contributed by atoms with Gasteiger partial charge in [-0.05, 0) is 43.0 Å². The summed E-state index contributed by atoms with van der Waals surface area (Å²) in [6.07, 6.45) is 2.28. The van der Waals surface area contributed by atoms with Gasteiger partial charge in [0.05, 0.1) is 0 Å². The molecule has 102 valence electrons. The minimum Gasteiger partial charge on any atom is -0.310 e. The summed E-state index contributed by atoms with van der Waals surface area (Å²) in [5.41, 5.74) is 2.72. The average molecular weight is 251 g/mol. The molecular formula is C16H26FN. The van der Waals surface area contributed by atoms with Gasteiger partial charge in [-0.1, -0.05) is 45.7 Å². The molecule has 0 fully saturated rings. The van der Waals surface area contributed by atoms with Crippen LogP contribution < -0.4 is 5.32 Å². The first-order valence-electron chi connectivity index (χ1n) is 7.05. The van der Waals surface area contributed by atoms with Crippen LogP contribution in [0, 0.1) is 25.6 Å². The summed E-state index contributed by atoms with van der Waals surface area (Å²) in [6.45, 7) is 11.2. The summed E-state index contributed by atoms with van der Waals surface area (Å²) in [5, 5.41) is 3.55. The number of hydrogen-bond acceptors (Lipinski definition) is 1. The highest BCUT2D eigenvalue weighted by Crippen LogP contribution is 2.29. The van der Waals surface area contributed by atoms with Crippen LogP contribution in [0.1, 0.15) is 56.3 Å². The maximum atomic E-state index is 13.7. The van der Waals surface area contributed by atoms with Crippen LogP contribution in [0.4, 0.5) is 4.39 Å². The number of nitrogens with one attached hydrogen (secondary N) is 1. The van der Waals surface area contributed by atoms with Crippen molar-refractivity contribution in [2.24, 2.45) is 5.92 Å². The molecule has 1 nitrogen and oxygen atoms in total. The van der Waals surface area contributed by atoms with Gasteiger partial charge in [0.2, 0.25) is 0 Å². The lowest BCUT2D eigenvalue weighted by molar-refractivity contribution is 0.346.